The Hall–Kier alpha value is -2.40. The number of nitrogens with one attached hydrogen (secondary N) is 2. The molecular formula is C20H25N3O2. The molecule has 0 aliphatic carbocycles. The van der Waals surface area contributed by atoms with Crippen LogP contribution < -0.4 is 10.6 Å². The van der Waals surface area contributed by atoms with Gasteiger partial charge in [-0.05, 0) is 48.6 Å². The van der Waals surface area contributed by atoms with Crippen LogP contribution in [-0.4, -0.2) is 24.1 Å². The third-order valence-electron chi connectivity index (χ3n) is 4.47. The highest BCUT2D eigenvalue weighted by Crippen LogP contribution is 2.21. The van der Waals surface area contributed by atoms with Crippen LogP contribution >= 0.6 is 0 Å². The maximum Gasteiger partial charge on any atom is 0.227 e. The first-order valence-corrected chi connectivity index (χ1v) is 8.83. The van der Waals surface area contributed by atoms with Gasteiger partial charge in [-0.1, -0.05) is 26.0 Å². The maximum atomic E-state index is 12.2. The van der Waals surface area contributed by atoms with Gasteiger partial charge in [-0.15, -0.1) is 0 Å². The minimum atomic E-state index is 0.0334. The van der Waals surface area contributed by atoms with Crippen molar-refractivity contribution in [3.63, 3.8) is 0 Å². The number of rotatable bonds is 5. The lowest BCUT2D eigenvalue weighted by atomic mass is 9.99. The van der Waals surface area contributed by atoms with Crippen molar-refractivity contribution in [2.75, 3.05) is 23.8 Å². The summed E-state index contributed by atoms with van der Waals surface area (Å²) in [5, 5.41) is 6.21. The highest BCUT2D eigenvalue weighted by Gasteiger charge is 2.21. The molecule has 0 atom stereocenters. The maximum absolute atomic E-state index is 12.2. The van der Waals surface area contributed by atoms with E-state index in [1.165, 1.54) is 5.56 Å². The Morgan fingerprint density at radius 2 is 1.76 bits per heavy atom. The van der Waals surface area contributed by atoms with Gasteiger partial charge in [0.1, 0.15) is 5.82 Å². The zero-order chi connectivity index (χ0) is 17.6. The molecule has 2 heterocycles. The van der Waals surface area contributed by atoms with E-state index >= 15 is 0 Å². The van der Waals surface area contributed by atoms with Crippen molar-refractivity contribution in [2.45, 2.75) is 32.6 Å². The normalized spacial score (nSPS) is 15.2. The number of nitrogens with zero attached hydrogens (tertiary/aromatic N) is 1. The molecule has 0 radical (unpaired) electrons. The van der Waals surface area contributed by atoms with Gasteiger partial charge in [0.25, 0.3) is 0 Å². The minimum absolute atomic E-state index is 0.0334. The molecule has 0 spiro atoms. The van der Waals surface area contributed by atoms with E-state index in [2.05, 4.69) is 53.7 Å². The van der Waals surface area contributed by atoms with Crippen molar-refractivity contribution in [3.05, 3.63) is 48.2 Å². The van der Waals surface area contributed by atoms with E-state index < -0.39 is 0 Å². The molecule has 1 amide bonds. The number of anilines is 3. The first-order valence-electron chi connectivity index (χ1n) is 8.83. The molecule has 25 heavy (non-hydrogen) atoms. The predicted octanol–water partition coefficient (Wildman–Crippen LogP) is 4.31. The Bertz CT molecular complexity index is 690. The fraction of sp³-hybridized carbons (Fsp3) is 0.400. The van der Waals surface area contributed by atoms with Crippen molar-refractivity contribution in [1.29, 1.82) is 0 Å². The van der Waals surface area contributed by atoms with Crippen LogP contribution in [0.2, 0.25) is 0 Å². The van der Waals surface area contributed by atoms with E-state index in [-0.39, 0.29) is 11.8 Å². The Labute approximate surface area is 148 Å². The van der Waals surface area contributed by atoms with E-state index in [9.17, 15) is 4.79 Å². The molecule has 2 N–H and O–H groups in total. The van der Waals surface area contributed by atoms with Crippen LogP contribution in [0.3, 0.4) is 0 Å². The fourth-order valence-electron chi connectivity index (χ4n) is 2.85. The van der Waals surface area contributed by atoms with Crippen LogP contribution in [0, 0.1) is 5.92 Å². The number of carbonyl (C=O) groups excluding carboxylic acids is 1. The van der Waals surface area contributed by atoms with E-state index in [1.54, 1.807) is 6.20 Å². The number of pyridine rings is 1. The van der Waals surface area contributed by atoms with Crippen LogP contribution in [0.15, 0.2) is 42.6 Å². The summed E-state index contributed by atoms with van der Waals surface area (Å²) in [5.41, 5.74) is 3.03. The molecule has 0 unspecified atom stereocenters. The van der Waals surface area contributed by atoms with Crippen LogP contribution in [0.5, 0.6) is 0 Å². The van der Waals surface area contributed by atoms with E-state index in [0.29, 0.717) is 19.1 Å². The predicted molar refractivity (Wildman–Crippen MR) is 100 cm³/mol. The largest absolute Gasteiger partial charge is 0.381 e. The van der Waals surface area contributed by atoms with Crippen LogP contribution in [-0.2, 0) is 9.53 Å². The molecule has 2 aromatic rings. The summed E-state index contributed by atoms with van der Waals surface area (Å²) in [7, 11) is 0. The molecule has 1 saturated heterocycles. The number of aromatic nitrogens is 1. The van der Waals surface area contributed by atoms with Gasteiger partial charge in [0, 0.05) is 24.8 Å². The van der Waals surface area contributed by atoms with Crippen molar-refractivity contribution in [3.8, 4) is 0 Å². The van der Waals surface area contributed by atoms with Gasteiger partial charge in [-0.25, -0.2) is 4.98 Å². The fourth-order valence-corrected chi connectivity index (χ4v) is 2.85. The highest BCUT2D eigenvalue weighted by atomic mass is 16.5. The number of ether oxygens (including phenoxy) is 1. The van der Waals surface area contributed by atoms with E-state index in [4.69, 9.17) is 4.74 Å². The van der Waals surface area contributed by atoms with Crippen molar-refractivity contribution < 1.29 is 9.53 Å². The average molecular weight is 339 g/mol. The zero-order valence-electron chi connectivity index (χ0n) is 14.8. The van der Waals surface area contributed by atoms with Gasteiger partial charge in [-0.2, -0.15) is 0 Å². The third-order valence-corrected chi connectivity index (χ3v) is 4.47. The second-order valence-corrected chi connectivity index (χ2v) is 6.71. The van der Waals surface area contributed by atoms with Gasteiger partial charge in [-0.3, -0.25) is 4.79 Å². The lowest BCUT2D eigenvalue weighted by Crippen LogP contribution is -2.28. The SMILES string of the molecule is CC(C)c1ccc(Nc2ccc(NC(=O)C3CCOCC3)cn2)cc1. The number of hydrogen-bond acceptors (Lipinski definition) is 4. The molecule has 5 heteroatoms. The molecule has 132 valence electrons. The van der Waals surface area contributed by atoms with Gasteiger partial charge in [0.15, 0.2) is 0 Å². The minimum Gasteiger partial charge on any atom is -0.381 e. The first-order chi connectivity index (χ1) is 12.1. The second kappa shape index (κ2) is 8.12. The lowest BCUT2D eigenvalue weighted by molar-refractivity contribution is -0.122. The highest BCUT2D eigenvalue weighted by molar-refractivity contribution is 5.92. The number of benzene rings is 1. The van der Waals surface area contributed by atoms with Crippen molar-refractivity contribution in [1.82, 2.24) is 4.98 Å². The van der Waals surface area contributed by atoms with Gasteiger partial charge in [0.05, 0.1) is 11.9 Å². The first kappa shape index (κ1) is 17.4. The molecule has 3 rings (SSSR count). The van der Waals surface area contributed by atoms with Crippen molar-refractivity contribution >= 4 is 23.1 Å². The summed E-state index contributed by atoms with van der Waals surface area (Å²) in [5.74, 6) is 1.35. The molecule has 1 aromatic carbocycles. The zero-order valence-corrected chi connectivity index (χ0v) is 14.8. The Kier molecular flexibility index (Phi) is 5.66. The van der Waals surface area contributed by atoms with Gasteiger partial charge < -0.3 is 15.4 Å². The number of hydrogen-bond donors (Lipinski definition) is 2. The average Bonchev–Trinajstić information content (AvgIpc) is 2.64. The molecule has 1 aliphatic heterocycles. The molecule has 1 fully saturated rings. The Balaban J connectivity index is 1.57. The summed E-state index contributed by atoms with van der Waals surface area (Å²) in [6.45, 7) is 5.68. The van der Waals surface area contributed by atoms with E-state index in [0.717, 1.165) is 30.0 Å². The summed E-state index contributed by atoms with van der Waals surface area (Å²) in [6, 6.07) is 12.1. The Morgan fingerprint density at radius 3 is 2.36 bits per heavy atom. The lowest BCUT2D eigenvalue weighted by Gasteiger charge is -2.21. The topological polar surface area (TPSA) is 63.2 Å². The van der Waals surface area contributed by atoms with Crippen LogP contribution in [0.4, 0.5) is 17.2 Å². The van der Waals surface area contributed by atoms with E-state index in [1.807, 2.05) is 12.1 Å². The molecule has 0 saturated carbocycles. The standard InChI is InChI=1S/C20H25N3O2/c1-14(2)15-3-5-17(6-4-15)22-19-8-7-18(13-21-19)23-20(24)16-9-11-25-12-10-16/h3-8,13-14,16H,9-12H2,1-2H3,(H,21,22)(H,23,24). The monoisotopic (exact) mass is 339 g/mol. The summed E-state index contributed by atoms with van der Waals surface area (Å²) in [6.07, 6.45) is 3.25. The van der Waals surface area contributed by atoms with Gasteiger partial charge >= 0.3 is 0 Å². The summed E-state index contributed by atoms with van der Waals surface area (Å²) in [4.78, 5) is 16.6. The van der Waals surface area contributed by atoms with Crippen LogP contribution in [0.1, 0.15) is 38.2 Å². The molecule has 1 aromatic heterocycles. The molecule has 5 nitrogen and oxygen atoms in total. The smallest absolute Gasteiger partial charge is 0.227 e. The Morgan fingerprint density at radius 1 is 1.08 bits per heavy atom. The molecule has 1 aliphatic rings. The quantitative estimate of drug-likeness (QED) is 0.852. The number of amides is 1. The summed E-state index contributed by atoms with van der Waals surface area (Å²) >= 11 is 0. The molecular weight excluding hydrogens is 314 g/mol. The summed E-state index contributed by atoms with van der Waals surface area (Å²) < 4.78 is 5.29. The van der Waals surface area contributed by atoms with Crippen LogP contribution in [0.25, 0.3) is 0 Å². The van der Waals surface area contributed by atoms with Crippen molar-refractivity contribution in [2.24, 2.45) is 5.92 Å². The third kappa shape index (κ3) is 4.79. The molecule has 0 bridgehead atoms. The number of carbonyl (C=O) groups is 1. The second-order valence-electron chi connectivity index (χ2n) is 6.71. The van der Waals surface area contributed by atoms with Gasteiger partial charge in [0.2, 0.25) is 5.91 Å².